The first-order chi connectivity index (χ1) is 11.6. The highest BCUT2D eigenvalue weighted by Crippen LogP contribution is 2.05. The van der Waals surface area contributed by atoms with Crippen molar-refractivity contribution >= 4 is 41.8 Å². The Kier molecular flexibility index (Phi) is 8.73. The van der Waals surface area contributed by atoms with Crippen molar-refractivity contribution in [3.05, 3.63) is 38.7 Å². The second-order valence-corrected chi connectivity index (χ2v) is 5.73. The van der Waals surface area contributed by atoms with E-state index >= 15 is 0 Å². The van der Waals surface area contributed by atoms with Gasteiger partial charge in [-0.3, -0.25) is 19.6 Å². The van der Waals surface area contributed by atoms with Crippen LogP contribution >= 0.6 is 24.8 Å². The Labute approximate surface area is 161 Å². The zero-order valence-corrected chi connectivity index (χ0v) is 15.7. The summed E-state index contributed by atoms with van der Waals surface area (Å²) in [5, 5.41) is 6.31. The van der Waals surface area contributed by atoms with Gasteiger partial charge >= 0.3 is 5.69 Å². The minimum absolute atomic E-state index is 0. The molecule has 0 radical (unpaired) electrons. The summed E-state index contributed by atoms with van der Waals surface area (Å²) in [5.74, 6) is -0.282. The zero-order valence-electron chi connectivity index (χ0n) is 14.0. The molecule has 0 unspecified atom stereocenters. The largest absolute Gasteiger partial charge is 0.352 e. The third kappa shape index (κ3) is 5.53. The number of nitrogens with zero attached hydrogens (tertiary/aromatic N) is 2. The van der Waals surface area contributed by atoms with Gasteiger partial charge in [0.1, 0.15) is 5.65 Å². The Morgan fingerprint density at radius 3 is 2.65 bits per heavy atom. The number of aromatic nitrogens is 3. The van der Waals surface area contributed by atoms with E-state index in [0.717, 1.165) is 39.1 Å². The molecule has 144 valence electrons. The van der Waals surface area contributed by atoms with E-state index in [0.29, 0.717) is 12.1 Å². The second kappa shape index (κ2) is 10.3. The van der Waals surface area contributed by atoms with Gasteiger partial charge in [0.15, 0.2) is 0 Å². The standard InChI is InChI=1S/C15H20N6O3.2ClH/c22-13(17-2-1-5-21-6-3-16-4-7-21)10-8-11-12(18-9-10)19-15(24)20-14(11)23;;/h8-9,16H,1-7H2,(H,17,22)(H2,18,19,20,23,24);2*1H. The van der Waals surface area contributed by atoms with E-state index in [4.69, 9.17) is 0 Å². The topological polar surface area (TPSA) is 123 Å². The molecule has 3 rings (SSSR count). The molecule has 4 N–H and O–H groups in total. The summed E-state index contributed by atoms with van der Waals surface area (Å²) in [6.07, 6.45) is 2.21. The van der Waals surface area contributed by atoms with Crippen LogP contribution in [0.2, 0.25) is 0 Å². The average Bonchev–Trinajstić information content (AvgIpc) is 2.59. The maximum Gasteiger partial charge on any atom is 0.327 e. The van der Waals surface area contributed by atoms with Crippen LogP contribution in [0.25, 0.3) is 11.0 Å². The third-order valence-corrected chi connectivity index (χ3v) is 4.00. The van der Waals surface area contributed by atoms with Gasteiger partial charge in [-0.15, -0.1) is 24.8 Å². The van der Waals surface area contributed by atoms with Crippen LogP contribution in [-0.2, 0) is 0 Å². The van der Waals surface area contributed by atoms with Crippen molar-refractivity contribution in [1.29, 1.82) is 0 Å². The minimum atomic E-state index is -0.620. The number of amides is 1. The molecule has 1 aliphatic rings. The zero-order chi connectivity index (χ0) is 16.9. The molecule has 3 heterocycles. The lowest BCUT2D eigenvalue weighted by molar-refractivity contribution is 0.0951. The van der Waals surface area contributed by atoms with E-state index in [2.05, 4.69) is 30.5 Å². The highest BCUT2D eigenvalue weighted by Gasteiger charge is 2.11. The summed E-state index contributed by atoms with van der Waals surface area (Å²) < 4.78 is 0. The van der Waals surface area contributed by atoms with Crippen LogP contribution in [0.1, 0.15) is 16.8 Å². The minimum Gasteiger partial charge on any atom is -0.352 e. The normalized spacial score (nSPS) is 14.3. The Hall–Kier alpha value is -1.94. The van der Waals surface area contributed by atoms with Gasteiger partial charge in [0.05, 0.1) is 10.9 Å². The number of fused-ring (bicyclic) bond motifs is 1. The number of hydrogen-bond acceptors (Lipinski definition) is 6. The summed E-state index contributed by atoms with van der Waals surface area (Å²) in [4.78, 5) is 46.0. The Balaban J connectivity index is 0.00000169. The SMILES string of the molecule is Cl.Cl.O=C(NCCCN1CCNCC1)c1cnc2[nH]c(=O)[nH]c(=O)c2c1. The molecule has 0 aromatic carbocycles. The first-order valence-corrected chi connectivity index (χ1v) is 7.97. The van der Waals surface area contributed by atoms with Crippen LogP contribution < -0.4 is 21.9 Å². The summed E-state index contributed by atoms with van der Waals surface area (Å²) in [7, 11) is 0. The number of piperazine rings is 1. The molecule has 0 saturated carbocycles. The molecule has 1 saturated heterocycles. The average molecular weight is 405 g/mol. The molecular weight excluding hydrogens is 383 g/mol. The predicted molar refractivity (Wildman–Crippen MR) is 104 cm³/mol. The fourth-order valence-electron chi connectivity index (χ4n) is 2.71. The van der Waals surface area contributed by atoms with Crippen molar-refractivity contribution in [2.75, 3.05) is 39.3 Å². The molecule has 2 aromatic rings. The Morgan fingerprint density at radius 1 is 1.19 bits per heavy atom. The molecular formula is C15H22Cl2N6O3. The van der Waals surface area contributed by atoms with Crippen molar-refractivity contribution < 1.29 is 4.79 Å². The number of pyridine rings is 1. The van der Waals surface area contributed by atoms with E-state index < -0.39 is 11.2 Å². The highest BCUT2D eigenvalue weighted by atomic mass is 35.5. The molecule has 0 spiro atoms. The van der Waals surface area contributed by atoms with Crippen molar-refractivity contribution in [3.63, 3.8) is 0 Å². The lowest BCUT2D eigenvalue weighted by atomic mass is 10.2. The fraction of sp³-hybridized carbons (Fsp3) is 0.467. The van der Waals surface area contributed by atoms with Gasteiger partial charge in [0, 0.05) is 38.9 Å². The maximum atomic E-state index is 12.2. The van der Waals surface area contributed by atoms with Crippen LogP contribution in [0.5, 0.6) is 0 Å². The molecule has 1 aliphatic heterocycles. The monoisotopic (exact) mass is 404 g/mol. The van der Waals surface area contributed by atoms with Crippen LogP contribution in [0.15, 0.2) is 21.9 Å². The van der Waals surface area contributed by atoms with Crippen molar-refractivity contribution in [2.45, 2.75) is 6.42 Å². The third-order valence-electron chi connectivity index (χ3n) is 4.00. The van der Waals surface area contributed by atoms with E-state index in [9.17, 15) is 14.4 Å². The number of carbonyl (C=O) groups is 1. The molecule has 0 atom stereocenters. The van der Waals surface area contributed by atoms with E-state index in [-0.39, 0.29) is 41.8 Å². The molecule has 0 aliphatic carbocycles. The van der Waals surface area contributed by atoms with Gasteiger partial charge in [-0.2, -0.15) is 0 Å². The molecule has 0 bridgehead atoms. The molecule has 2 aromatic heterocycles. The second-order valence-electron chi connectivity index (χ2n) is 5.73. The quantitative estimate of drug-likeness (QED) is 0.497. The number of carbonyl (C=O) groups excluding carboxylic acids is 1. The first kappa shape index (κ1) is 22.1. The molecule has 1 amide bonds. The molecule has 1 fully saturated rings. The van der Waals surface area contributed by atoms with Crippen molar-refractivity contribution in [3.8, 4) is 0 Å². The van der Waals surface area contributed by atoms with Crippen molar-refractivity contribution in [2.24, 2.45) is 0 Å². The molecule has 11 heteroatoms. The molecule has 26 heavy (non-hydrogen) atoms. The number of aromatic amines is 2. The van der Waals surface area contributed by atoms with Gasteiger partial charge < -0.3 is 15.5 Å². The van der Waals surface area contributed by atoms with Crippen LogP contribution in [0, 0.1) is 0 Å². The maximum absolute atomic E-state index is 12.2. The number of hydrogen-bond donors (Lipinski definition) is 4. The van der Waals surface area contributed by atoms with Gasteiger partial charge in [0.25, 0.3) is 11.5 Å². The van der Waals surface area contributed by atoms with Gasteiger partial charge in [-0.25, -0.2) is 9.78 Å². The lowest BCUT2D eigenvalue weighted by Crippen LogP contribution is -2.44. The lowest BCUT2D eigenvalue weighted by Gasteiger charge is -2.27. The Morgan fingerprint density at radius 2 is 1.92 bits per heavy atom. The number of rotatable bonds is 5. The van der Waals surface area contributed by atoms with E-state index in [1.807, 2.05) is 0 Å². The number of nitrogens with one attached hydrogen (secondary N) is 4. The summed E-state index contributed by atoms with van der Waals surface area (Å²) in [6.45, 7) is 5.58. The van der Waals surface area contributed by atoms with E-state index in [1.165, 1.54) is 12.3 Å². The van der Waals surface area contributed by atoms with E-state index in [1.54, 1.807) is 0 Å². The smallest absolute Gasteiger partial charge is 0.327 e. The number of halogens is 2. The van der Waals surface area contributed by atoms with Crippen LogP contribution in [0.4, 0.5) is 0 Å². The van der Waals surface area contributed by atoms with Crippen molar-refractivity contribution in [1.82, 2.24) is 30.5 Å². The summed E-state index contributed by atoms with van der Waals surface area (Å²) in [6, 6.07) is 1.43. The first-order valence-electron chi connectivity index (χ1n) is 7.97. The number of H-pyrrole nitrogens is 2. The van der Waals surface area contributed by atoms with Crippen LogP contribution in [0.3, 0.4) is 0 Å². The van der Waals surface area contributed by atoms with Crippen LogP contribution in [-0.4, -0.2) is 65.0 Å². The van der Waals surface area contributed by atoms with Gasteiger partial charge in [-0.05, 0) is 19.0 Å². The summed E-state index contributed by atoms with van der Waals surface area (Å²) >= 11 is 0. The summed E-state index contributed by atoms with van der Waals surface area (Å²) in [5.41, 5.74) is -0.721. The van der Waals surface area contributed by atoms with Gasteiger partial charge in [-0.1, -0.05) is 0 Å². The Bertz CT molecular complexity index is 847. The highest BCUT2D eigenvalue weighted by molar-refractivity contribution is 5.96. The van der Waals surface area contributed by atoms with Gasteiger partial charge in [0.2, 0.25) is 0 Å². The molecule has 9 nitrogen and oxygen atoms in total. The predicted octanol–water partition coefficient (Wildman–Crippen LogP) is -0.520. The fourth-order valence-corrected chi connectivity index (χ4v) is 2.71.